The fourth-order valence-corrected chi connectivity index (χ4v) is 4.22. The first-order valence-corrected chi connectivity index (χ1v) is 12.0. The molecule has 3 atom stereocenters. The van der Waals surface area contributed by atoms with E-state index in [0.29, 0.717) is 48.5 Å². The van der Waals surface area contributed by atoms with Gasteiger partial charge in [-0.05, 0) is 68.7 Å². The quantitative estimate of drug-likeness (QED) is 0.443. The number of aryl methyl sites for hydroxylation is 1. The summed E-state index contributed by atoms with van der Waals surface area (Å²) in [6, 6.07) is 1.98. The summed E-state index contributed by atoms with van der Waals surface area (Å²) in [4.78, 5) is 17.2. The van der Waals surface area contributed by atoms with Gasteiger partial charge in [-0.1, -0.05) is 27.2 Å². The molecule has 8 heteroatoms. The minimum absolute atomic E-state index is 0.00601. The van der Waals surface area contributed by atoms with E-state index in [9.17, 15) is 13.6 Å². The van der Waals surface area contributed by atoms with Crippen LogP contribution in [0.3, 0.4) is 0 Å². The van der Waals surface area contributed by atoms with Crippen LogP contribution in [0, 0.1) is 17.6 Å². The van der Waals surface area contributed by atoms with Gasteiger partial charge in [0.2, 0.25) is 5.91 Å². The average Bonchev–Trinajstić information content (AvgIpc) is 3.22. The number of carbonyl (C=O) groups excluding carboxylic acids is 1. The number of hydrogen-bond acceptors (Lipinski definition) is 5. The van der Waals surface area contributed by atoms with Crippen LogP contribution < -0.4 is 16.0 Å². The summed E-state index contributed by atoms with van der Waals surface area (Å²) in [6.45, 7) is 9.24. The van der Waals surface area contributed by atoms with Crippen LogP contribution in [0.2, 0.25) is 0 Å². The molecule has 0 aliphatic heterocycles. The van der Waals surface area contributed by atoms with Crippen LogP contribution in [0.5, 0.6) is 0 Å². The molecular formula is C25H36F2N4O2. The summed E-state index contributed by atoms with van der Waals surface area (Å²) in [5, 5.41) is 9.54. The maximum absolute atomic E-state index is 14.2. The summed E-state index contributed by atoms with van der Waals surface area (Å²) in [6.07, 6.45) is 5.85. The Labute approximate surface area is 194 Å². The van der Waals surface area contributed by atoms with Crippen molar-refractivity contribution in [3.63, 3.8) is 0 Å². The molecule has 0 spiro atoms. The highest BCUT2D eigenvalue weighted by Crippen LogP contribution is 2.26. The molecule has 2 aromatic rings. The molecule has 1 aliphatic carbocycles. The lowest BCUT2D eigenvalue weighted by Crippen LogP contribution is -2.48. The zero-order valence-electron chi connectivity index (χ0n) is 20.0. The standard InChI is InChI=1S/C25H36F2N4O2/c1-5-6-22(30-19-8-7-17-11-18(26)12-21(27)20(17)13-19)24(32)31-25-29-14-23(33-25)16(4)28-10-9-15(2)3/h11-12,14-16,19,22,28,30H,5-10,13H2,1-4H3,(H,29,31,32)/t16?,19?,22-/m0/s1. The third-order valence-corrected chi connectivity index (χ3v) is 6.15. The minimum Gasteiger partial charge on any atom is -0.427 e. The molecule has 6 nitrogen and oxygen atoms in total. The van der Waals surface area contributed by atoms with Gasteiger partial charge in [-0.3, -0.25) is 10.1 Å². The van der Waals surface area contributed by atoms with E-state index in [-0.39, 0.29) is 24.0 Å². The topological polar surface area (TPSA) is 79.2 Å². The van der Waals surface area contributed by atoms with Crippen molar-refractivity contribution in [3.8, 4) is 0 Å². The number of halogens is 2. The number of amides is 1. The van der Waals surface area contributed by atoms with Crippen molar-refractivity contribution in [3.05, 3.63) is 46.9 Å². The molecule has 182 valence electrons. The van der Waals surface area contributed by atoms with Crippen LogP contribution in [0.25, 0.3) is 0 Å². The number of nitrogens with zero attached hydrogens (tertiary/aromatic N) is 1. The minimum atomic E-state index is -0.546. The van der Waals surface area contributed by atoms with Gasteiger partial charge in [0, 0.05) is 12.1 Å². The van der Waals surface area contributed by atoms with Gasteiger partial charge >= 0.3 is 6.01 Å². The molecule has 3 rings (SSSR count). The van der Waals surface area contributed by atoms with Crippen molar-refractivity contribution in [1.29, 1.82) is 0 Å². The van der Waals surface area contributed by atoms with Crippen LogP contribution in [-0.2, 0) is 17.6 Å². The number of anilines is 1. The highest BCUT2D eigenvalue weighted by atomic mass is 19.1. The van der Waals surface area contributed by atoms with Gasteiger partial charge in [-0.2, -0.15) is 0 Å². The number of oxazole rings is 1. The van der Waals surface area contributed by atoms with Crippen molar-refractivity contribution in [2.45, 2.75) is 84.3 Å². The van der Waals surface area contributed by atoms with E-state index in [1.165, 1.54) is 6.07 Å². The lowest BCUT2D eigenvalue weighted by atomic mass is 9.87. The second-order valence-electron chi connectivity index (χ2n) is 9.39. The Balaban J connectivity index is 1.58. The maximum Gasteiger partial charge on any atom is 0.301 e. The van der Waals surface area contributed by atoms with Crippen molar-refractivity contribution < 1.29 is 18.0 Å². The molecule has 1 aromatic carbocycles. The van der Waals surface area contributed by atoms with Crippen molar-refractivity contribution in [1.82, 2.24) is 15.6 Å². The summed E-state index contributed by atoms with van der Waals surface area (Å²) in [5.74, 6) is -0.00337. The number of fused-ring (bicyclic) bond motifs is 1. The van der Waals surface area contributed by atoms with E-state index in [0.717, 1.165) is 25.5 Å². The Morgan fingerprint density at radius 3 is 2.76 bits per heavy atom. The number of rotatable bonds is 11. The number of carbonyl (C=O) groups is 1. The SMILES string of the molecule is CCC[C@H](NC1CCc2cc(F)cc(F)c2C1)C(=O)Nc1ncc(C(C)NCCC(C)C)o1. The Bertz CT molecular complexity index is 931. The molecule has 1 amide bonds. The number of aromatic nitrogens is 1. The molecule has 3 N–H and O–H groups in total. The Hall–Kier alpha value is -2.32. The zero-order chi connectivity index (χ0) is 24.0. The molecule has 0 radical (unpaired) electrons. The monoisotopic (exact) mass is 462 g/mol. The van der Waals surface area contributed by atoms with Crippen LogP contribution in [0.4, 0.5) is 14.8 Å². The predicted octanol–water partition coefficient (Wildman–Crippen LogP) is 4.90. The van der Waals surface area contributed by atoms with E-state index in [2.05, 4.69) is 34.8 Å². The molecule has 1 heterocycles. The van der Waals surface area contributed by atoms with Crippen molar-refractivity contribution >= 4 is 11.9 Å². The third-order valence-electron chi connectivity index (χ3n) is 6.15. The molecule has 1 aliphatic rings. The third kappa shape index (κ3) is 7.08. The van der Waals surface area contributed by atoms with Gasteiger partial charge in [0.25, 0.3) is 0 Å². The predicted molar refractivity (Wildman–Crippen MR) is 125 cm³/mol. The molecule has 0 saturated carbocycles. The van der Waals surface area contributed by atoms with E-state index in [1.54, 1.807) is 6.20 Å². The van der Waals surface area contributed by atoms with Gasteiger partial charge in [-0.25, -0.2) is 13.8 Å². The number of benzene rings is 1. The molecule has 1 aromatic heterocycles. The average molecular weight is 463 g/mol. The highest BCUT2D eigenvalue weighted by molar-refractivity contribution is 5.93. The second-order valence-corrected chi connectivity index (χ2v) is 9.39. The molecular weight excluding hydrogens is 426 g/mol. The summed E-state index contributed by atoms with van der Waals surface area (Å²) in [7, 11) is 0. The zero-order valence-corrected chi connectivity index (χ0v) is 20.0. The normalized spacial score (nSPS) is 17.6. The first kappa shape index (κ1) is 25.3. The molecule has 2 unspecified atom stereocenters. The van der Waals surface area contributed by atoms with Crippen LogP contribution in [-0.4, -0.2) is 29.5 Å². The van der Waals surface area contributed by atoms with E-state index in [1.807, 2.05) is 13.8 Å². The van der Waals surface area contributed by atoms with Gasteiger partial charge in [-0.15, -0.1) is 0 Å². The Morgan fingerprint density at radius 2 is 2.03 bits per heavy atom. The van der Waals surface area contributed by atoms with Gasteiger partial charge in [0.15, 0.2) is 0 Å². The van der Waals surface area contributed by atoms with Crippen molar-refractivity contribution in [2.75, 3.05) is 11.9 Å². The summed E-state index contributed by atoms with van der Waals surface area (Å²) >= 11 is 0. The van der Waals surface area contributed by atoms with Crippen LogP contribution >= 0.6 is 0 Å². The van der Waals surface area contributed by atoms with Crippen LogP contribution in [0.1, 0.15) is 76.3 Å². The fourth-order valence-electron chi connectivity index (χ4n) is 4.22. The summed E-state index contributed by atoms with van der Waals surface area (Å²) in [5.41, 5.74) is 1.25. The first-order chi connectivity index (χ1) is 15.8. The van der Waals surface area contributed by atoms with E-state index in [4.69, 9.17) is 4.42 Å². The Kier molecular flexibility index (Phi) is 8.97. The number of nitrogens with one attached hydrogen (secondary N) is 3. The highest BCUT2D eigenvalue weighted by Gasteiger charge is 2.27. The van der Waals surface area contributed by atoms with Crippen molar-refractivity contribution in [2.24, 2.45) is 5.92 Å². The van der Waals surface area contributed by atoms with Gasteiger partial charge in [0.05, 0.1) is 18.3 Å². The van der Waals surface area contributed by atoms with E-state index >= 15 is 0 Å². The first-order valence-electron chi connectivity index (χ1n) is 12.0. The van der Waals surface area contributed by atoms with Gasteiger partial charge < -0.3 is 15.1 Å². The largest absolute Gasteiger partial charge is 0.427 e. The molecule has 0 bridgehead atoms. The lowest BCUT2D eigenvalue weighted by Gasteiger charge is -2.29. The molecule has 33 heavy (non-hydrogen) atoms. The maximum atomic E-state index is 14.2. The molecule has 0 fully saturated rings. The molecule has 0 saturated heterocycles. The second kappa shape index (κ2) is 11.7. The lowest BCUT2D eigenvalue weighted by molar-refractivity contribution is -0.118. The smallest absolute Gasteiger partial charge is 0.301 e. The van der Waals surface area contributed by atoms with Crippen LogP contribution in [0.15, 0.2) is 22.7 Å². The van der Waals surface area contributed by atoms with E-state index < -0.39 is 17.7 Å². The van der Waals surface area contributed by atoms with Gasteiger partial charge in [0.1, 0.15) is 17.4 Å². The fraction of sp³-hybridized carbons (Fsp3) is 0.600. The summed E-state index contributed by atoms with van der Waals surface area (Å²) < 4.78 is 33.5. The Morgan fingerprint density at radius 1 is 1.24 bits per heavy atom. The number of hydrogen-bond donors (Lipinski definition) is 3.